The Morgan fingerprint density at radius 3 is 2.47 bits per heavy atom. The number of carbonyl (C=O) groups is 1. The van der Waals surface area contributed by atoms with Crippen LogP contribution in [0.2, 0.25) is 0 Å². The molecule has 3 rings (SSSR count). The highest BCUT2D eigenvalue weighted by molar-refractivity contribution is 5.94. The van der Waals surface area contributed by atoms with Gasteiger partial charge in [-0.25, -0.2) is 8.78 Å². The fraction of sp³-hybridized carbons (Fsp3) is 0.500. The molecule has 1 aromatic carbocycles. The summed E-state index contributed by atoms with van der Waals surface area (Å²) >= 11 is 0. The molecule has 2 saturated heterocycles. The Hall–Kier alpha value is -1.49. The van der Waals surface area contributed by atoms with Gasteiger partial charge in [0.25, 0.3) is 5.91 Å². The molecule has 2 aliphatic heterocycles. The van der Waals surface area contributed by atoms with Crippen molar-refractivity contribution in [2.24, 2.45) is 11.8 Å². The summed E-state index contributed by atoms with van der Waals surface area (Å²) in [6.45, 7) is 3.25. The minimum atomic E-state index is -0.968. The molecule has 2 aliphatic rings. The first-order valence-corrected chi connectivity index (χ1v) is 6.58. The van der Waals surface area contributed by atoms with Crippen LogP contribution < -0.4 is 5.32 Å². The number of hydrogen-bond donors (Lipinski definition) is 1. The van der Waals surface area contributed by atoms with Crippen molar-refractivity contribution in [2.45, 2.75) is 6.42 Å². The summed E-state index contributed by atoms with van der Waals surface area (Å²) in [5, 5.41) is 3.36. The minimum absolute atomic E-state index is 0.199. The first-order valence-electron chi connectivity index (χ1n) is 6.58. The normalized spacial score (nSPS) is 26.3. The van der Waals surface area contributed by atoms with Gasteiger partial charge in [-0.05, 0) is 49.5 Å². The third-order valence-corrected chi connectivity index (χ3v) is 3.94. The van der Waals surface area contributed by atoms with Gasteiger partial charge in [0.2, 0.25) is 0 Å². The zero-order chi connectivity index (χ0) is 13.4. The second-order valence-corrected chi connectivity index (χ2v) is 5.47. The lowest BCUT2D eigenvalue weighted by atomic mass is 9.85. The SMILES string of the molecule is O=C(c1ccc(F)c(F)c1)N1CC2CNCC(C2)C1. The maximum Gasteiger partial charge on any atom is 0.253 e. The maximum absolute atomic E-state index is 13.2. The molecular formula is C14H16F2N2O. The summed E-state index contributed by atoms with van der Waals surface area (Å²) in [6.07, 6.45) is 1.15. The third kappa shape index (κ3) is 2.47. The average Bonchev–Trinajstić information content (AvgIpc) is 2.40. The van der Waals surface area contributed by atoms with Crippen LogP contribution in [0.3, 0.4) is 0 Å². The first-order chi connectivity index (χ1) is 9.13. The van der Waals surface area contributed by atoms with E-state index in [9.17, 15) is 13.6 Å². The highest BCUT2D eigenvalue weighted by Gasteiger charge is 2.33. The number of nitrogens with zero attached hydrogens (tertiary/aromatic N) is 1. The van der Waals surface area contributed by atoms with Crippen molar-refractivity contribution in [3.8, 4) is 0 Å². The summed E-state index contributed by atoms with van der Waals surface area (Å²) in [7, 11) is 0. The molecule has 2 atom stereocenters. The Balaban J connectivity index is 1.78. The van der Waals surface area contributed by atoms with Gasteiger partial charge in [0.1, 0.15) is 0 Å². The highest BCUT2D eigenvalue weighted by atomic mass is 19.2. The number of amides is 1. The van der Waals surface area contributed by atoms with Crippen LogP contribution in [-0.4, -0.2) is 37.0 Å². The number of rotatable bonds is 1. The standard InChI is InChI=1S/C14H16F2N2O/c15-12-2-1-11(4-13(12)16)14(19)18-7-9-3-10(8-18)6-17-5-9/h1-2,4,9-10,17H,3,5-8H2. The van der Waals surface area contributed by atoms with Crippen molar-refractivity contribution in [1.29, 1.82) is 0 Å². The Morgan fingerprint density at radius 1 is 1.16 bits per heavy atom. The first kappa shape index (κ1) is 12.5. The van der Waals surface area contributed by atoms with Gasteiger partial charge in [0.05, 0.1) is 0 Å². The van der Waals surface area contributed by atoms with Gasteiger partial charge in [-0.1, -0.05) is 0 Å². The van der Waals surface area contributed by atoms with Gasteiger partial charge in [0, 0.05) is 18.7 Å². The summed E-state index contributed by atoms with van der Waals surface area (Å²) in [5.74, 6) is -1.14. The molecule has 0 aromatic heterocycles. The molecule has 0 radical (unpaired) electrons. The van der Waals surface area contributed by atoms with E-state index in [1.165, 1.54) is 6.07 Å². The lowest BCUT2D eigenvalue weighted by Gasteiger charge is -2.41. The Bertz CT molecular complexity index is 494. The number of carbonyl (C=O) groups excluding carboxylic acids is 1. The number of benzene rings is 1. The van der Waals surface area contributed by atoms with Gasteiger partial charge < -0.3 is 10.2 Å². The van der Waals surface area contributed by atoms with E-state index in [1.807, 2.05) is 0 Å². The van der Waals surface area contributed by atoms with Gasteiger partial charge in [-0.3, -0.25) is 4.79 Å². The molecule has 0 spiro atoms. The largest absolute Gasteiger partial charge is 0.338 e. The molecule has 102 valence electrons. The second-order valence-electron chi connectivity index (χ2n) is 5.47. The molecular weight excluding hydrogens is 250 g/mol. The van der Waals surface area contributed by atoms with Crippen molar-refractivity contribution in [2.75, 3.05) is 26.2 Å². The Morgan fingerprint density at radius 2 is 1.84 bits per heavy atom. The molecule has 1 N–H and O–H groups in total. The third-order valence-electron chi connectivity index (χ3n) is 3.94. The van der Waals surface area contributed by atoms with Crippen LogP contribution in [-0.2, 0) is 0 Å². The van der Waals surface area contributed by atoms with E-state index in [4.69, 9.17) is 0 Å². The van der Waals surface area contributed by atoms with Crippen LogP contribution in [0, 0.1) is 23.5 Å². The van der Waals surface area contributed by atoms with Crippen molar-refractivity contribution in [3.05, 3.63) is 35.4 Å². The lowest BCUT2D eigenvalue weighted by molar-refractivity contribution is 0.0537. The van der Waals surface area contributed by atoms with Crippen molar-refractivity contribution >= 4 is 5.91 Å². The van der Waals surface area contributed by atoms with E-state index in [0.717, 1.165) is 31.6 Å². The van der Waals surface area contributed by atoms with E-state index in [0.29, 0.717) is 24.9 Å². The minimum Gasteiger partial charge on any atom is -0.338 e. The second kappa shape index (κ2) is 4.89. The predicted molar refractivity (Wildman–Crippen MR) is 66.7 cm³/mol. The van der Waals surface area contributed by atoms with Gasteiger partial charge in [-0.2, -0.15) is 0 Å². The van der Waals surface area contributed by atoms with E-state index in [-0.39, 0.29) is 11.5 Å². The number of likely N-dealkylation sites (tertiary alicyclic amines) is 1. The topological polar surface area (TPSA) is 32.3 Å². The zero-order valence-electron chi connectivity index (χ0n) is 10.5. The molecule has 5 heteroatoms. The predicted octanol–water partition coefficient (Wildman–Crippen LogP) is 1.65. The molecule has 2 fully saturated rings. The average molecular weight is 266 g/mol. The molecule has 2 heterocycles. The number of fused-ring (bicyclic) bond motifs is 2. The number of halogens is 2. The zero-order valence-corrected chi connectivity index (χ0v) is 10.5. The van der Waals surface area contributed by atoms with E-state index >= 15 is 0 Å². The smallest absolute Gasteiger partial charge is 0.253 e. The fourth-order valence-corrected chi connectivity index (χ4v) is 3.08. The monoisotopic (exact) mass is 266 g/mol. The molecule has 3 nitrogen and oxygen atoms in total. The molecule has 1 aromatic rings. The van der Waals surface area contributed by atoms with Crippen LogP contribution in [0.15, 0.2) is 18.2 Å². The maximum atomic E-state index is 13.2. The lowest BCUT2D eigenvalue weighted by Crippen LogP contribution is -2.52. The van der Waals surface area contributed by atoms with Gasteiger partial charge in [-0.15, -0.1) is 0 Å². The molecule has 0 aliphatic carbocycles. The summed E-state index contributed by atoms with van der Waals surface area (Å²) in [5.41, 5.74) is 0.229. The molecule has 0 saturated carbocycles. The van der Waals surface area contributed by atoms with Crippen LogP contribution in [0.25, 0.3) is 0 Å². The van der Waals surface area contributed by atoms with E-state index in [1.54, 1.807) is 4.90 Å². The van der Waals surface area contributed by atoms with Crippen LogP contribution >= 0.6 is 0 Å². The summed E-state index contributed by atoms with van der Waals surface area (Å²) in [6, 6.07) is 3.35. The molecule has 2 bridgehead atoms. The number of piperidine rings is 2. The summed E-state index contributed by atoms with van der Waals surface area (Å²) in [4.78, 5) is 14.1. The number of hydrogen-bond acceptors (Lipinski definition) is 2. The van der Waals surface area contributed by atoms with E-state index in [2.05, 4.69) is 5.32 Å². The van der Waals surface area contributed by atoms with Crippen molar-refractivity contribution in [1.82, 2.24) is 10.2 Å². The highest BCUT2D eigenvalue weighted by Crippen LogP contribution is 2.25. The van der Waals surface area contributed by atoms with E-state index < -0.39 is 11.6 Å². The van der Waals surface area contributed by atoms with Crippen LogP contribution in [0.1, 0.15) is 16.8 Å². The van der Waals surface area contributed by atoms with Crippen molar-refractivity contribution in [3.63, 3.8) is 0 Å². The summed E-state index contributed by atoms with van der Waals surface area (Å²) < 4.78 is 26.1. The Kier molecular flexibility index (Phi) is 3.22. The Labute approximate surface area is 110 Å². The van der Waals surface area contributed by atoms with Crippen LogP contribution in [0.4, 0.5) is 8.78 Å². The fourth-order valence-electron chi connectivity index (χ4n) is 3.08. The van der Waals surface area contributed by atoms with Crippen LogP contribution in [0.5, 0.6) is 0 Å². The van der Waals surface area contributed by atoms with Gasteiger partial charge in [0.15, 0.2) is 11.6 Å². The molecule has 19 heavy (non-hydrogen) atoms. The quantitative estimate of drug-likeness (QED) is 0.838. The van der Waals surface area contributed by atoms with Gasteiger partial charge >= 0.3 is 0 Å². The number of nitrogens with one attached hydrogen (secondary N) is 1. The molecule has 2 unspecified atom stereocenters. The molecule has 1 amide bonds. The van der Waals surface area contributed by atoms with Crippen molar-refractivity contribution < 1.29 is 13.6 Å².